The van der Waals surface area contributed by atoms with E-state index in [-0.39, 0.29) is 0 Å². The highest BCUT2D eigenvalue weighted by atomic mass is 16.5. The minimum atomic E-state index is 0.420. The fraction of sp³-hybridized carbons (Fsp3) is 0.625. The van der Waals surface area contributed by atoms with Gasteiger partial charge >= 0.3 is 0 Å². The highest BCUT2D eigenvalue weighted by molar-refractivity contribution is 5.26. The van der Waals surface area contributed by atoms with Gasteiger partial charge in [0, 0.05) is 0 Å². The smallest absolute Gasteiger partial charge is 0.119 e. The molecule has 0 saturated heterocycles. The first-order chi connectivity index (χ1) is 7.87. The van der Waals surface area contributed by atoms with Crippen LogP contribution in [0.1, 0.15) is 46.1 Å². The molecule has 0 N–H and O–H groups in total. The molecular formula is C16H26O. The first kappa shape index (κ1) is 14.1. The Morgan fingerprint density at radius 3 is 2.24 bits per heavy atom. The molecule has 1 atom stereocenters. The zero-order valence-electron chi connectivity index (χ0n) is 11.9. The minimum Gasteiger partial charge on any atom is -0.494 e. The molecule has 0 amide bonds. The van der Waals surface area contributed by atoms with Gasteiger partial charge in [-0.2, -0.15) is 0 Å². The normalized spacial score (nSPS) is 13.5. The molecule has 17 heavy (non-hydrogen) atoms. The molecule has 0 aliphatic rings. The third kappa shape index (κ3) is 6.35. The number of hydrogen-bond acceptors (Lipinski definition) is 1. The fourth-order valence-electron chi connectivity index (χ4n) is 2.16. The van der Waals surface area contributed by atoms with E-state index in [0.29, 0.717) is 5.41 Å². The van der Waals surface area contributed by atoms with Gasteiger partial charge in [-0.05, 0) is 43.2 Å². The van der Waals surface area contributed by atoms with Crippen molar-refractivity contribution < 1.29 is 4.74 Å². The van der Waals surface area contributed by atoms with Gasteiger partial charge in [-0.25, -0.2) is 0 Å². The van der Waals surface area contributed by atoms with Gasteiger partial charge in [-0.1, -0.05) is 45.4 Å². The number of rotatable bonds is 5. The summed E-state index contributed by atoms with van der Waals surface area (Å²) >= 11 is 0. The lowest BCUT2D eigenvalue weighted by molar-refractivity contribution is 0.240. The number of benzene rings is 1. The van der Waals surface area contributed by atoms with Crippen molar-refractivity contribution in [1.82, 2.24) is 0 Å². The molecule has 1 unspecified atom stereocenters. The van der Waals surface area contributed by atoms with E-state index in [1.54, 1.807) is 0 Å². The molecule has 0 aliphatic carbocycles. The van der Waals surface area contributed by atoms with Crippen molar-refractivity contribution >= 4 is 0 Å². The van der Waals surface area contributed by atoms with Crippen LogP contribution in [0.5, 0.6) is 5.75 Å². The van der Waals surface area contributed by atoms with E-state index in [4.69, 9.17) is 4.74 Å². The third-order valence-electron chi connectivity index (χ3n) is 2.86. The van der Waals surface area contributed by atoms with Crippen LogP contribution in [0.25, 0.3) is 0 Å². The second-order valence-corrected chi connectivity index (χ2v) is 6.32. The Bertz CT molecular complexity index is 318. The van der Waals surface area contributed by atoms with Gasteiger partial charge in [0.05, 0.1) is 6.61 Å². The van der Waals surface area contributed by atoms with E-state index in [2.05, 4.69) is 46.8 Å². The van der Waals surface area contributed by atoms with Gasteiger partial charge in [0.25, 0.3) is 0 Å². The van der Waals surface area contributed by atoms with Crippen LogP contribution in [0, 0.1) is 18.3 Å². The zero-order chi connectivity index (χ0) is 12.9. The fourth-order valence-corrected chi connectivity index (χ4v) is 2.16. The minimum absolute atomic E-state index is 0.420. The Labute approximate surface area is 106 Å². The lowest BCUT2D eigenvalue weighted by Crippen LogP contribution is -2.13. The maximum absolute atomic E-state index is 5.75. The van der Waals surface area contributed by atoms with Gasteiger partial charge in [-0.3, -0.25) is 0 Å². The van der Waals surface area contributed by atoms with Gasteiger partial charge in [0.1, 0.15) is 5.75 Å². The molecule has 1 nitrogen and oxygen atoms in total. The Balaban J connectivity index is 2.26. The summed E-state index contributed by atoms with van der Waals surface area (Å²) in [6.07, 6.45) is 2.38. The Morgan fingerprint density at radius 2 is 1.71 bits per heavy atom. The van der Waals surface area contributed by atoms with Crippen LogP contribution in [-0.4, -0.2) is 6.61 Å². The van der Waals surface area contributed by atoms with E-state index in [0.717, 1.165) is 24.7 Å². The van der Waals surface area contributed by atoms with Crippen LogP contribution in [0.2, 0.25) is 0 Å². The summed E-state index contributed by atoms with van der Waals surface area (Å²) in [5, 5.41) is 0. The summed E-state index contributed by atoms with van der Waals surface area (Å²) in [7, 11) is 0. The average Bonchev–Trinajstić information content (AvgIpc) is 2.18. The third-order valence-corrected chi connectivity index (χ3v) is 2.86. The highest BCUT2D eigenvalue weighted by Gasteiger charge is 2.14. The molecule has 1 rings (SSSR count). The molecule has 0 saturated carbocycles. The van der Waals surface area contributed by atoms with Crippen LogP contribution < -0.4 is 4.74 Å². The van der Waals surface area contributed by atoms with Crippen LogP contribution >= 0.6 is 0 Å². The monoisotopic (exact) mass is 234 g/mol. The summed E-state index contributed by atoms with van der Waals surface area (Å²) in [6.45, 7) is 12.1. The van der Waals surface area contributed by atoms with Crippen LogP contribution in [0.4, 0.5) is 0 Å². The van der Waals surface area contributed by atoms with Crippen molar-refractivity contribution in [1.29, 1.82) is 0 Å². The molecule has 0 heterocycles. The maximum atomic E-state index is 5.75. The van der Waals surface area contributed by atoms with Crippen molar-refractivity contribution in [2.24, 2.45) is 11.3 Å². The topological polar surface area (TPSA) is 9.23 Å². The summed E-state index contributed by atoms with van der Waals surface area (Å²) in [5.74, 6) is 1.71. The average molecular weight is 234 g/mol. The molecule has 0 spiro atoms. The first-order valence-electron chi connectivity index (χ1n) is 6.56. The quantitative estimate of drug-likeness (QED) is 0.708. The van der Waals surface area contributed by atoms with Gasteiger partial charge in [0.2, 0.25) is 0 Å². The van der Waals surface area contributed by atoms with E-state index < -0.39 is 0 Å². The maximum Gasteiger partial charge on any atom is 0.119 e. The predicted octanol–water partition coefficient (Wildman–Crippen LogP) is 4.84. The Morgan fingerprint density at radius 1 is 1.12 bits per heavy atom. The van der Waals surface area contributed by atoms with E-state index in [1.165, 1.54) is 12.0 Å². The second kappa shape index (κ2) is 6.09. The van der Waals surface area contributed by atoms with E-state index >= 15 is 0 Å². The van der Waals surface area contributed by atoms with Crippen molar-refractivity contribution in [2.45, 2.75) is 47.5 Å². The number of aryl methyl sites for hydroxylation is 1. The Hall–Kier alpha value is -0.980. The van der Waals surface area contributed by atoms with Crippen molar-refractivity contribution in [3.8, 4) is 5.75 Å². The molecular weight excluding hydrogens is 208 g/mol. The summed E-state index contributed by atoms with van der Waals surface area (Å²) in [4.78, 5) is 0. The molecule has 1 aromatic rings. The molecule has 0 aliphatic heterocycles. The highest BCUT2D eigenvalue weighted by Crippen LogP contribution is 2.26. The van der Waals surface area contributed by atoms with Gasteiger partial charge in [0.15, 0.2) is 0 Å². The SMILES string of the molecule is Cc1ccc(OCCC(C)CC(C)(C)C)cc1. The van der Waals surface area contributed by atoms with Crippen LogP contribution in [-0.2, 0) is 0 Å². The van der Waals surface area contributed by atoms with Gasteiger partial charge in [-0.15, -0.1) is 0 Å². The second-order valence-electron chi connectivity index (χ2n) is 6.32. The van der Waals surface area contributed by atoms with Crippen LogP contribution in [0.15, 0.2) is 24.3 Å². The molecule has 1 aromatic carbocycles. The van der Waals surface area contributed by atoms with Crippen molar-refractivity contribution in [3.05, 3.63) is 29.8 Å². The molecule has 0 bridgehead atoms. The van der Waals surface area contributed by atoms with Gasteiger partial charge < -0.3 is 4.74 Å². The first-order valence-corrected chi connectivity index (χ1v) is 6.56. The number of hydrogen-bond donors (Lipinski definition) is 0. The van der Waals surface area contributed by atoms with Crippen LogP contribution in [0.3, 0.4) is 0 Å². The zero-order valence-corrected chi connectivity index (χ0v) is 11.9. The van der Waals surface area contributed by atoms with Crippen molar-refractivity contribution in [2.75, 3.05) is 6.61 Å². The molecule has 96 valence electrons. The van der Waals surface area contributed by atoms with Crippen molar-refractivity contribution in [3.63, 3.8) is 0 Å². The molecule has 0 radical (unpaired) electrons. The number of ether oxygens (including phenoxy) is 1. The predicted molar refractivity (Wildman–Crippen MR) is 74.5 cm³/mol. The largest absolute Gasteiger partial charge is 0.494 e. The summed E-state index contributed by atoms with van der Waals surface area (Å²) < 4.78 is 5.75. The lowest BCUT2D eigenvalue weighted by Gasteiger charge is -2.23. The summed E-state index contributed by atoms with van der Waals surface area (Å²) in [6, 6.07) is 8.27. The Kier molecular flexibility index (Phi) is 5.04. The molecule has 1 heteroatoms. The standard InChI is InChI=1S/C16H26O/c1-13-6-8-15(9-7-13)17-11-10-14(2)12-16(3,4)5/h6-9,14H,10-12H2,1-5H3. The molecule has 0 aromatic heterocycles. The van der Waals surface area contributed by atoms with E-state index in [1.807, 2.05) is 12.1 Å². The molecule has 0 fully saturated rings. The van der Waals surface area contributed by atoms with E-state index in [9.17, 15) is 0 Å². The lowest BCUT2D eigenvalue weighted by atomic mass is 9.84. The summed E-state index contributed by atoms with van der Waals surface area (Å²) in [5.41, 5.74) is 1.70.